The van der Waals surface area contributed by atoms with Crippen molar-refractivity contribution in [1.29, 1.82) is 0 Å². The minimum atomic E-state index is -1.18. The van der Waals surface area contributed by atoms with E-state index < -0.39 is 25.0 Å². The van der Waals surface area contributed by atoms with Crippen molar-refractivity contribution in [2.75, 3.05) is 6.61 Å². The van der Waals surface area contributed by atoms with Gasteiger partial charge in [0.2, 0.25) is 0 Å². The van der Waals surface area contributed by atoms with E-state index in [-0.39, 0.29) is 42.9 Å². The summed E-state index contributed by atoms with van der Waals surface area (Å²) in [6, 6.07) is 7.99. The zero-order chi connectivity index (χ0) is 22.5. The van der Waals surface area contributed by atoms with Gasteiger partial charge in [-0.25, -0.2) is 9.18 Å². The molecule has 2 aromatic carbocycles. The molecular formula is C22H25BFNO6. The van der Waals surface area contributed by atoms with Crippen LogP contribution >= 0.6 is 0 Å². The number of esters is 1. The smallest absolute Gasteiger partial charge is 0.493 e. The minimum Gasteiger partial charge on any atom is -0.493 e. The van der Waals surface area contributed by atoms with Gasteiger partial charge in [-0.15, -0.1) is 0 Å². The lowest BCUT2D eigenvalue weighted by Crippen LogP contribution is -2.45. The second kappa shape index (κ2) is 9.93. The van der Waals surface area contributed by atoms with Crippen LogP contribution in [-0.2, 0) is 27.4 Å². The Bertz CT molecular complexity index is 950. The Kier molecular flexibility index (Phi) is 7.30. The molecule has 0 unspecified atom stereocenters. The summed E-state index contributed by atoms with van der Waals surface area (Å²) in [5.74, 6) is -1.51. The third kappa shape index (κ3) is 5.23. The number of benzene rings is 2. The van der Waals surface area contributed by atoms with Crippen molar-refractivity contribution in [2.45, 2.75) is 40.0 Å². The first-order valence-corrected chi connectivity index (χ1v) is 10.1. The summed E-state index contributed by atoms with van der Waals surface area (Å²) in [5.41, 5.74) is 2.00. The monoisotopic (exact) mass is 429 g/mol. The van der Waals surface area contributed by atoms with Crippen molar-refractivity contribution in [3.05, 3.63) is 58.9 Å². The largest absolute Gasteiger partial charge is 0.495 e. The molecule has 1 heterocycles. The van der Waals surface area contributed by atoms with Crippen LogP contribution in [0.5, 0.6) is 5.75 Å². The number of rotatable bonds is 8. The minimum absolute atomic E-state index is 0.0369. The maximum absolute atomic E-state index is 13.0. The van der Waals surface area contributed by atoms with Crippen LogP contribution < -0.4 is 15.5 Å². The van der Waals surface area contributed by atoms with Crippen LogP contribution in [0.25, 0.3) is 0 Å². The number of fused-ring (bicyclic) bond motifs is 1. The van der Waals surface area contributed by atoms with E-state index in [4.69, 9.17) is 14.1 Å². The summed E-state index contributed by atoms with van der Waals surface area (Å²) in [7, 11) is -1.18. The maximum Gasteiger partial charge on any atom is 0.495 e. The quantitative estimate of drug-likeness (QED) is 0.492. The number of ether oxygens (including phenoxy) is 2. The average Bonchev–Trinajstić information content (AvgIpc) is 3.12. The molecule has 0 radical (unpaired) electrons. The number of halogens is 1. The van der Waals surface area contributed by atoms with Crippen molar-refractivity contribution >= 4 is 24.5 Å². The summed E-state index contributed by atoms with van der Waals surface area (Å²) in [6.45, 7) is 5.82. The van der Waals surface area contributed by atoms with Crippen molar-refractivity contribution in [1.82, 2.24) is 5.32 Å². The number of amides is 1. The topological polar surface area (TPSA) is 94.1 Å². The van der Waals surface area contributed by atoms with E-state index >= 15 is 0 Å². The second-order valence-corrected chi connectivity index (χ2v) is 7.54. The predicted octanol–water partition coefficient (Wildman–Crippen LogP) is 1.94. The Balaban J connectivity index is 1.75. The zero-order valence-corrected chi connectivity index (χ0v) is 17.7. The molecule has 1 aliphatic heterocycles. The molecule has 0 bridgehead atoms. The zero-order valence-electron chi connectivity index (χ0n) is 17.7. The summed E-state index contributed by atoms with van der Waals surface area (Å²) >= 11 is 0. The Morgan fingerprint density at radius 2 is 1.94 bits per heavy atom. The SMILES string of the molecule is CCOc1c(C(=O)N[C@H](C(=O)OCc2ccc(F)cc2)C(C)C)ccc2c1B(O)OC2. The molecule has 2 N–H and O–H groups in total. The first-order chi connectivity index (χ1) is 14.8. The second-order valence-electron chi connectivity index (χ2n) is 7.54. The van der Waals surface area contributed by atoms with Gasteiger partial charge < -0.3 is 24.5 Å². The van der Waals surface area contributed by atoms with Crippen molar-refractivity contribution < 1.29 is 33.1 Å². The maximum atomic E-state index is 13.0. The molecule has 3 rings (SSSR count). The third-order valence-corrected chi connectivity index (χ3v) is 4.96. The van der Waals surface area contributed by atoms with E-state index in [1.54, 1.807) is 32.9 Å². The van der Waals surface area contributed by atoms with Gasteiger partial charge in [-0.05, 0) is 42.2 Å². The Morgan fingerprint density at radius 1 is 1.23 bits per heavy atom. The van der Waals surface area contributed by atoms with Gasteiger partial charge in [0, 0.05) is 5.46 Å². The first kappa shape index (κ1) is 22.8. The highest BCUT2D eigenvalue weighted by atomic mass is 19.1. The fourth-order valence-electron chi connectivity index (χ4n) is 3.31. The fourth-order valence-corrected chi connectivity index (χ4v) is 3.31. The van der Waals surface area contributed by atoms with Crippen molar-refractivity contribution in [2.24, 2.45) is 5.92 Å². The van der Waals surface area contributed by atoms with Gasteiger partial charge in [-0.1, -0.05) is 32.0 Å². The average molecular weight is 429 g/mol. The molecule has 1 atom stereocenters. The molecule has 0 fully saturated rings. The van der Waals surface area contributed by atoms with Crippen LogP contribution in [0.15, 0.2) is 36.4 Å². The van der Waals surface area contributed by atoms with Crippen LogP contribution in [-0.4, -0.2) is 36.7 Å². The Morgan fingerprint density at radius 3 is 2.58 bits per heavy atom. The molecule has 0 aliphatic carbocycles. The van der Waals surface area contributed by atoms with E-state index in [1.165, 1.54) is 24.3 Å². The number of hydrogen-bond donors (Lipinski definition) is 2. The third-order valence-electron chi connectivity index (χ3n) is 4.96. The fraction of sp³-hybridized carbons (Fsp3) is 0.364. The van der Waals surface area contributed by atoms with Crippen LogP contribution in [0, 0.1) is 11.7 Å². The molecule has 1 aliphatic rings. The molecular weight excluding hydrogens is 404 g/mol. The van der Waals surface area contributed by atoms with Gasteiger partial charge in [0.05, 0.1) is 18.8 Å². The van der Waals surface area contributed by atoms with E-state index in [0.717, 1.165) is 5.56 Å². The molecule has 2 aromatic rings. The van der Waals surface area contributed by atoms with Crippen molar-refractivity contribution in [3.63, 3.8) is 0 Å². The van der Waals surface area contributed by atoms with Crippen molar-refractivity contribution in [3.8, 4) is 5.75 Å². The van der Waals surface area contributed by atoms with Gasteiger partial charge in [-0.2, -0.15) is 0 Å². The van der Waals surface area contributed by atoms with Gasteiger partial charge in [-0.3, -0.25) is 4.79 Å². The molecule has 7 nitrogen and oxygen atoms in total. The van der Waals surface area contributed by atoms with Crippen LogP contribution in [0.2, 0.25) is 0 Å². The molecule has 164 valence electrons. The van der Waals surface area contributed by atoms with Crippen LogP contribution in [0.3, 0.4) is 0 Å². The summed E-state index contributed by atoms with van der Waals surface area (Å²) in [4.78, 5) is 25.7. The van der Waals surface area contributed by atoms with E-state index in [9.17, 15) is 19.0 Å². The molecule has 0 aromatic heterocycles. The highest BCUT2D eigenvalue weighted by Gasteiger charge is 2.35. The number of carbonyl (C=O) groups is 2. The summed E-state index contributed by atoms with van der Waals surface area (Å²) in [6.07, 6.45) is 0. The molecule has 9 heteroatoms. The van der Waals surface area contributed by atoms with Gasteiger partial charge in [0.25, 0.3) is 5.91 Å². The standard InChI is InChI=1S/C22H25BFNO6/c1-4-29-20-17(10-7-15-12-31-23(28)18(15)20)21(26)25-19(13(2)3)22(27)30-11-14-5-8-16(24)9-6-14/h5-10,13,19,28H,4,11-12H2,1-3H3,(H,25,26)/t19-/m0/s1. The summed E-state index contributed by atoms with van der Waals surface area (Å²) in [5, 5.41) is 12.8. The predicted molar refractivity (Wildman–Crippen MR) is 112 cm³/mol. The van der Waals surface area contributed by atoms with Gasteiger partial charge in [0.15, 0.2) is 0 Å². The highest BCUT2D eigenvalue weighted by molar-refractivity contribution is 6.63. The number of carbonyl (C=O) groups excluding carboxylic acids is 2. The molecule has 0 saturated carbocycles. The van der Waals surface area contributed by atoms with Gasteiger partial charge in [0.1, 0.15) is 24.2 Å². The van der Waals surface area contributed by atoms with Crippen LogP contribution in [0.4, 0.5) is 4.39 Å². The lowest BCUT2D eigenvalue weighted by Gasteiger charge is -2.22. The van der Waals surface area contributed by atoms with E-state index in [1.807, 2.05) is 0 Å². The first-order valence-electron chi connectivity index (χ1n) is 10.1. The number of hydrogen-bond acceptors (Lipinski definition) is 6. The van der Waals surface area contributed by atoms with Gasteiger partial charge >= 0.3 is 13.1 Å². The Labute approximate surface area is 180 Å². The van der Waals surface area contributed by atoms with E-state index in [2.05, 4.69) is 5.32 Å². The highest BCUT2D eigenvalue weighted by Crippen LogP contribution is 2.24. The Hall–Kier alpha value is -2.91. The van der Waals surface area contributed by atoms with Crippen LogP contribution in [0.1, 0.15) is 42.3 Å². The molecule has 1 amide bonds. The van der Waals surface area contributed by atoms with E-state index in [0.29, 0.717) is 11.0 Å². The lowest BCUT2D eigenvalue weighted by atomic mass is 9.77. The molecule has 0 saturated heterocycles. The molecule has 31 heavy (non-hydrogen) atoms. The summed E-state index contributed by atoms with van der Waals surface area (Å²) < 4.78 is 29.2. The normalized spacial score (nSPS) is 13.7. The lowest BCUT2D eigenvalue weighted by molar-refractivity contribution is -0.148. The molecule has 0 spiro atoms. The number of nitrogens with one attached hydrogen (secondary N) is 1.